The van der Waals surface area contributed by atoms with E-state index in [9.17, 15) is 9.90 Å². The van der Waals surface area contributed by atoms with Crippen LogP contribution in [0.5, 0.6) is 0 Å². The smallest absolute Gasteiger partial charge is 0.342 e. The Morgan fingerprint density at radius 1 is 1.50 bits per heavy atom. The van der Waals surface area contributed by atoms with Crippen LogP contribution in [-0.4, -0.2) is 21.2 Å². The number of hydrogen-bond donors (Lipinski definition) is 2. The second-order valence-corrected chi connectivity index (χ2v) is 3.44. The van der Waals surface area contributed by atoms with E-state index in [4.69, 9.17) is 5.11 Å². The lowest BCUT2D eigenvalue weighted by Crippen LogP contribution is -2.41. The van der Waals surface area contributed by atoms with Crippen LogP contribution in [0, 0.1) is 5.92 Å². The van der Waals surface area contributed by atoms with Crippen LogP contribution in [0.25, 0.3) is 0 Å². The van der Waals surface area contributed by atoms with Crippen molar-refractivity contribution in [3.8, 4) is 0 Å². The van der Waals surface area contributed by atoms with Gasteiger partial charge < -0.3 is 10.2 Å². The van der Waals surface area contributed by atoms with E-state index in [1.807, 2.05) is 0 Å². The van der Waals surface area contributed by atoms with Gasteiger partial charge in [0.05, 0.1) is 5.69 Å². The Morgan fingerprint density at radius 2 is 2.14 bits per heavy atom. The zero-order chi connectivity index (χ0) is 10.8. The minimum absolute atomic E-state index is 0.169. The minimum Gasteiger partial charge on any atom is -0.479 e. The third kappa shape index (κ3) is 1.61. The summed E-state index contributed by atoms with van der Waals surface area (Å²) in [4.78, 5) is 14.8. The van der Waals surface area contributed by atoms with E-state index in [1.54, 1.807) is 26.0 Å². The molecule has 0 bridgehead atoms. The summed E-state index contributed by atoms with van der Waals surface area (Å²) in [6.45, 7) is 3.28. The van der Waals surface area contributed by atoms with Crippen molar-refractivity contribution in [2.45, 2.75) is 19.4 Å². The average Bonchev–Trinajstić information content (AvgIpc) is 2.17. The van der Waals surface area contributed by atoms with Gasteiger partial charge >= 0.3 is 5.97 Å². The first-order valence-corrected chi connectivity index (χ1v) is 4.37. The number of rotatable bonds is 3. The number of carbonyl (C=O) groups is 1. The van der Waals surface area contributed by atoms with E-state index >= 15 is 0 Å². The van der Waals surface area contributed by atoms with Gasteiger partial charge in [0.15, 0.2) is 0 Å². The first-order valence-electron chi connectivity index (χ1n) is 4.37. The van der Waals surface area contributed by atoms with Crippen molar-refractivity contribution in [3.05, 3.63) is 30.1 Å². The lowest BCUT2D eigenvalue weighted by Gasteiger charge is -2.26. The zero-order valence-electron chi connectivity index (χ0n) is 8.14. The molecule has 1 atom stereocenters. The van der Waals surface area contributed by atoms with Crippen molar-refractivity contribution in [2.75, 3.05) is 0 Å². The molecule has 14 heavy (non-hydrogen) atoms. The molecule has 0 aliphatic heterocycles. The predicted molar refractivity (Wildman–Crippen MR) is 50.6 cm³/mol. The van der Waals surface area contributed by atoms with Gasteiger partial charge in [0, 0.05) is 6.20 Å². The number of aliphatic hydroxyl groups is 1. The lowest BCUT2D eigenvalue weighted by molar-refractivity contribution is -0.165. The van der Waals surface area contributed by atoms with Crippen molar-refractivity contribution in [1.29, 1.82) is 0 Å². The van der Waals surface area contributed by atoms with Crippen molar-refractivity contribution in [1.82, 2.24) is 4.98 Å². The quantitative estimate of drug-likeness (QED) is 0.755. The van der Waals surface area contributed by atoms with Crippen molar-refractivity contribution in [2.24, 2.45) is 5.92 Å². The molecule has 1 rings (SSSR count). The highest BCUT2D eigenvalue weighted by Gasteiger charge is 2.42. The topological polar surface area (TPSA) is 70.4 Å². The molecule has 0 aliphatic rings. The molecule has 0 aromatic carbocycles. The van der Waals surface area contributed by atoms with Crippen molar-refractivity contribution >= 4 is 5.97 Å². The van der Waals surface area contributed by atoms with Crippen LogP contribution in [0.1, 0.15) is 19.5 Å². The van der Waals surface area contributed by atoms with Gasteiger partial charge in [0.25, 0.3) is 0 Å². The van der Waals surface area contributed by atoms with Gasteiger partial charge in [0.1, 0.15) is 0 Å². The Bertz CT molecular complexity index is 323. The van der Waals surface area contributed by atoms with Gasteiger partial charge in [0.2, 0.25) is 5.60 Å². The number of carboxylic acid groups (broad SMARTS) is 1. The highest BCUT2D eigenvalue weighted by molar-refractivity contribution is 5.78. The Morgan fingerprint density at radius 3 is 2.50 bits per heavy atom. The van der Waals surface area contributed by atoms with E-state index in [1.165, 1.54) is 12.3 Å². The number of pyridine rings is 1. The third-order valence-corrected chi connectivity index (χ3v) is 2.22. The Kier molecular flexibility index (Phi) is 2.86. The van der Waals surface area contributed by atoms with Gasteiger partial charge in [-0.2, -0.15) is 0 Å². The molecular formula is C10H13NO3. The number of hydrogen-bond acceptors (Lipinski definition) is 3. The monoisotopic (exact) mass is 195 g/mol. The average molecular weight is 195 g/mol. The van der Waals surface area contributed by atoms with Gasteiger partial charge in [-0.25, -0.2) is 4.79 Å². The normalized spacial score (nSPS) is 15.1. The predicted octanol–water partition coefficient (Wildman–Crippen LogP) is 1.01. The Labute approximate surface area is 82.2 Å². The van der Waals surface area contributed by atoms with E-state index < -0.39 is 17.5 Å². The molecule has 0 spiro atoms. The molecule has 1 aromatic rings. The molecular weight excluding hydrogens is 182 g/mol. The standard InChI is InChI=1S/C10H13NO3/c1-7(2)10(14,9(12)13)8-5-3-4-6-11-8/h3-7,14H,1-2H3,(H,12,13). The van der Waals surface area contributed by atoms with Crippen LogP contribution in [-0.2, 0) is 10.4 Å². The lowest BCUT2D eigenvalue weighted by atomic mass is 9.87. The molecule has 0 saturated heterocycles. The van der Waals surface area contributed by atoms with Crippen LogP contribution >= 0.6 is 0 Å². The summed E-state index contributed by atoms with van der Waals surface area (Å²) in [6.07, 6.45) is 1.46. The fourth-order valence-electron chi connectivity index (χ4n) is 1.24. The fraction of sp³-hybridized carbons (Fsp3) is 0.400. The maximum atomic E-state index is 11.0. The Hall–Kier alpha value is -1.42. The first kappa shape index (κ1) is 10.7. The molecule has 0 saturated carbocycles. The zero-order valence-corrected chi connectivity index (χ0v) is 8.14. The molecule has 4 heteroatoms. The summed E-state index contributed by atoms with van der Waals surface area (Å²) in [5.41, 5.74) is -1.73. The second-order valence-electron chi connectivity index (χ2n) is 3.44. The second kappa shape index (κ2) is 3.75. The summed E-state index contributed by atoms with van der Waals surface area (Å²) in [5, 5.41) is 18.9. The SMILES string of the molecule is CC(C)C(O)(C(=O)O)c1ccccn1. The molecule has 0 amide bonds. The molecule has 4 nitrogen and oxygen atoms in total. The number of aliphatic carboxylic acids is 1. The Balaban J connectivity index is 3.20. The minimum atomic E-state index is -1.90. The van der Waals surface area contributed by atoms with E-state index in [0.29, 0.717) is 0 Å². The molecule has 0 aliphatic carbocycles. The molecule has 0 radical (unpaired) electrons. The van der Waals surface area contributed by atoms with Crippen LogP contribution in [0.15, 0.2) is 24.4 Å². The number of carboxylic acids is 1. The first-order chi connectivity index (χ1) is 6.49. The summed E-state index contributed by atoms with van der Waals surface area (Å²) < 4.78 is 0. The number of aromatic nitrogens is 1. The number of nitrogens with zero attached hydrogens (tertiary/aromatic N) is 1. The van der Waals surface area contributed by atoms with Gasteiger partial charge in [-0.15, -0.1) is 0 Å². The summed E-state index contributed by atoms with van der Waals surface area (Å²) >= 11 is 0. The molecule has 0 fully saturated rings. The molecule has 1 heterocycles. The largest absolute Gasteiger partial charge is 0.479 e. The van der Waals surface area contributed by atoms with Crippen molar-refractivity contribution < 1.29 is 15.0 Å². The maximum absolute atomic E-state index is 11.0. The summed E-state index contributed by atoms with van der Waals surface area (Å²) in [5.74, 6) is -1.71. The van der Waals surface area contributed by atoms with Crippen LogP contribution in [0.3, 0.4) is 0 Å². The maximum Gasteiger partial charge on any atom is 0.342 e. The molecule has 1 unspecified atom stereocenters. The van der Waals surface area contributed by atoms with E-state index in [0.717, 1.165) is 0 Å². The molecule has 1 aromatic heterocycles. The summed E-state index contributed by atoms with van der Waals surface area (Å²) in [7, 11) is 0. The fourth-order valence-corrected chi connectivity index (χ4v) is 1.24. The molecule has 2 N–H and O–H groups in total. The summed E-state index contributed by atoms with van der Waals surface area (Å²) in [6, 6.07) is 4.83. The molecule has 76 valence electrons. The van der Waals surface area contributed by atoms with E-state index in [2.05, 4.69) is 4.98 Å². The van der Waals surface area contributed by atoms with Crippen LogP contribution in [0.4, 0.5) is 0 Å². The van der Waals surface area contributed by atoms with E-state index in [-0.39, 0.29) is 5.69 Å². The third-order valence-electron chi connectivity index (χ3n) is 2.22. The van der Waals surface area contributed by atoms with Crippen LogP contribution in [0.2, 0.25) is 0 Å². The van der Waals surface area contributed by atoms with Gasteiger partial charge in [-0.1, -0.05) is 19.9 Å². The highest BCUT2D eigenvalue weighted by Crippen LogP contribution is 2.27. The van der Waals surface area contributed by atoms with Crippen LogP contribution < -0.4 is 0 Å². The highest BCUT2D eigenvalue weighted by atomic mass is 16.4. The van der Waals surface area contributed by atoms with Gasteiger partial charge in [-0.05, 0) is 18.1 Å². The van der Waals surface area contributed by atoms with Crippen molar-refractivity contribution in [3.63, 3.8) is 0 Å². The van der Waals surface area contributed by atoms with Gasteiger partial charge in [-0.3, -0.25) is 4.98 Å².